The number of nitrogens with one attached hydrogen (secondary N) is 2. The van der Waals surface area contributed by atoms with E-state index in [1.807, 2.05) is 18.3 Å². The van der Waals surface area contributed by atoms with E-state index in [4.69, 9.17) is 19.7 Å². The van der Waals surface area contributed by atoms with Gasteiger partial charge >= 0.3 is 0 Å². The topological polar surface area (TPSA) is 110 Å². The number of pyridine rings is 2. The second-order valence-corrected chi connectivity index (χ2v) is 13.6. The predicted octanol–water partition coefficient (Wildman–Crippen LogP) is 5.29. The molecule has 1 aliphatic carbocycles. The van der Waals surface area contributed by atoms with Gasteiger partial charge in [0.2, 0.25) is 11.8 Å². The fourth-order valence-corrected chi connectivity index (χ4v) is 8.26. The first-order valence-corrected chi connectivity index (χ1v) is 16.4. The summed E-state index contributed by atoms with van der Waals surface area (Å²) in [7, 11) is 3.74. The molecule has 0 unspecified atom stereocenters. The molecular weight excluding hydrogens is 597 g/mol. The average molecular weight is 629 g/mol. The molecule has 3 atom stereocenters. The van der Waals surface area contributed by atoms with Crippen molar-refractivity contribution in [2.45, 2.75) is 13.1 Å². The van der Waals surface area contributed by atoms with Gasteiger partial charge < -0.3 is 24.8 Å². The van der Waals surface area contributed by atoms with Gasteiger partial charge in [-0.2, -0.15) is 0 Å². The Morgan fingerprint density at radius 3 is 2.63 bits per heavy atom. The molecule has 2 aromatic carbocycles. The van der Waals surface area contributed by atoms with Gasteiger partial charge in [-0.15, -0.1) is 0 Å². The quantitative estimate of drug-likeness (QED) is 0.256. The van der Waals surface area contributed by atoms with Crippen LogP contribution in [0, 0.1) is 17.8 Å². The van der Waals surface area contributed by atoms with Crippen LogP contribution in [0.4, 0.5) is 5.13 Å². The van der Waals surface area contributed by atoms with Crippen molar-refractivity contribution >= 4 is 43.6 Å². The number of rotatable bonds is 6. The van der Waals surface area contributed by atoms with E-state index in [-0.39, 0.29) is 11.8 Å². The summed E-state index contributed by atoms with van der Waals surface area (Å²) >= 11 is 1.50. The standard InChI is InChI=1S/C35H32N8O2S/c1-42-17-24-25(18-42)33(24)34(44)41-35-40-28-14-23(22(15-30(28)46-35)21-6-8-38-32(13-21)45-2)27-11-20(5-7-37-27)19-3-4-26-29(12-19)43-10-9-36-16-31(43)39-26/h3-8,11-15,24-25,33,36H,9-10,16-18H2,1-2H3,(H,40,41,44)/t24-,25+,33+. The first-order valence-electron chi connectivity index (χ1n) is 15.6. The molecule has 9 rings (SSSR count). The van der Waals surface area contributed by atoms with E-state index >= 15 is 0 Å². The average Bonchev–Trinajstić information content (AvgIpc) is 3.38. The maximum Gasteiger partial charge on any atom is 0.229 e. The van der Waals surface area contributed by atoms with Gasteiger partial charge in [-0.1, -0.05) is 17.4 Å². The Labute approximate surface area is 269 Å². The van der Waals surface area contributed by atoms with E-state index in [1.165, 1.54) is 11.3 Å². The van der Waals surface area contributed by atoms with Crippen LogP contribution in [0.1, 0.15) is 5.82 Å². The molecule has 2 aliphatic heterocycles. The summed E-state index contributed by atoms with van der Waals surface area (Å²) in [6, 6.07) is 18.8. The molecule has 0 spiro atoms. The van der Waals surface area contributed by atoms with Crippen LogP contribution in [0.15, 0.2) is 67.0 Å². The zero-order chi connectivity index (χ0) is 30.9. The molecule has 3 aliphatic rings. The molecule has 2 N–H and O–H groups in total. The Balaban J connectivity index is 1.11. The first-order chi connectivity index (χ1) is 22.5. The van der Waals surface area contributed by atoms with E-state index in [1.54, 1.807) is 13.3 Å². The molecule has 230 valence electrons. The summed E-state index contributed by atoms with van der Waals surface area (Å²) in [6.07, 6.45) is 3.62. The molecule has 4 aromatic heterocycles. The number of thiazole rings is 1. The van der Waals surface area contributed by atoms with Crippen LogP contribution in [0.5, 0.6) is 5.88 Å². The van der Waals surface area contributed by atoms with Crippen LogP contribution >= 0.6 is 11.3 Å². The van der Waals surface area contributed by atoms with Crippen molar-refractivity contribution in [3.8, 4) is 39.4 Å². The third-order valence-corrected chi connectivity index (χ3v) is 10.6. The number of piperidine rings is 1. The second-order valence-electron chi connectivity index (χ2n) is 12.5. The van der Waals surface area contributed by atoms with E-state index < -0.39 is 0 Å². The normalized spacial score (nSPS) is 20.5. The van der Waals surface area contributed by atoms with Gasteiger partial charge in [-0.25, -0.2) is 15.0 Å². The van der Waals surface area contributed by atoms with Crippen molar-refractivity contribution in [1.29, 1.82) is 0 Å². The number of amides is 1. The van der Waals surface area contributed by atoms with Gasteiger partial charge in [0.05, 0.1) is 40.6 Å². The molecule has 6 heterocycles. The fraction of sp³-hybridized carbons (Fsp3) is 0.286. The van der Waals surface area contributed by atoms with Crippen LogP contribution in [-0.2, 0) is 17.9 Å². The van der Waals surface area contributed by atoms with Crippen LogP contribution in [-0.4, -0.2) is 69.1 Å². The summed E-state index contributed by atoms with van der Waals surface area (Å²) in [4.78, 5) is 34.3. The highest BCUT2D eigenvalue weighted by Gasteiger charge is 2.58. The second kappa shape index (κ2) is 10.7. The maximum atomic E-state index is 13.1. The van der Waals surface area contributed by atoms with Crippen LogP contribution in [0.25, 0.3) is 54.8 Å². The lowest BCUT2D eigenvalue weighted by molar-refractivity contribution is -0.118. The molecule has 0 radical (unpaired) electrons. The SMILES string of the molecule is COc1cc(-c2cc3sc(NC(=O)[C@H]4[C@@H]5CN(C)C[C@@H]54)nc3cc2-c2cc(-c3ccc4nc5n(c4c3)CCNC5)ccn2)ccn1. The number of carbonyl (C=O) groups is 1. The number of anilines is 1. The fourth-order valence-electron chi connectivity index (χ4n) is 7.37. The summed E-state index contributed by atoms with van der Waals surface area (Å²) in [6.45, 7) is 4.62. The Kier molecular flexibility index (Phi) is 6.41. The minimum atomic E-state index is 0.0866. The van der Waals surface area contributed by atoms with Crippen molar-refractivity contribution in [1.82, 2.24) is 34.7 Å². The van der Waals surface area contributed by atoms with Crippen molar-refractivity contribution in [3.63, 3.8) is 0 Å². The van der Waals surface area contributed by atoms with Gasteiger partial charge in [0.1, 0.15) is 5.82 Å². The van der Waals surface area contributed by atoms with Crippen molar-refractivity contribution in [2.75, 3.05) is 39.1 Å². The van der Waals surface area contributed by atoms with Crippen LogP contribution in [0.2, 0.25) is 0 Å². The highest BCUT2D eigenvalue weighted by atomic mass is 32.1. The lowest BCUT2D eigenvalue weighted by Gasteiger charge is -2.15. The Morgan fingerprint density at radius 2 is 1.76 bits per heavy atom. The summed E-state index contributed by atoms with van der Waals surface area (Å²) < 4.78 is 8.77. The van der Waals surface area contributed by atoms with E-state index in [0.29, 0.717) is 22.8 Å². The number of benzene rings is 2. The molecule has 11 heteroatoms. The molecule has 2 fully saturated rings. The molecule has 1 amide bonds. The van der Waals surface area contributed by atoms with Crippen molar-refractivity contribution in [3.05, 3.63) is 72.8 Å². The first kappa shape index (κ1) is 27.6. The number of methoxy groups -OCH3 is 1. The number of nitrogens with zero attached hydrogens (tertiary/aromatic N) is 6. The minimum absolute atomic E-state index is 0.0866. The lowest BCUT2D eigenvalue weighted by Crippen LogP contribution is -2.28. The van der Waals surface area contributed by atoms with Gasteiger partial charge in [0.15, 0.2) is 5.13 Å². The van der Waals surface area contributed by atoms with E-state index in [0.717, 1.165) is 93.3 Å². The molecule has 1 saturated heterocycles. The molecular formula is C35H32N8O2S. The van der Waals surface area contributed by atoms with Crippen LogP contribution in [0.3, 0.4) is 0 Å². The molecule has 46 heavy (non-hydrogen) atoms. The highest BCUT2D eigenvalue weighted by molar-refractivity contribution is 7.22. The summed E-state index contributed by atoms with van der Waals surface area (Å²) in [5, 5.41) is 7.17. The number of imidazole rings is 1. The number of likely N-dealkylation sites (tertiary alicyclic amines) is 1. The lowest BCUT2D eigenvalue weighted by atomic mass is 9.96. The molecule has 10 nitrogen and oxygen atoms in total. The zero-order valence-electron chi connectivity index (χ0n) is 25.5. The van der Waals surface area contributed by atoms with Gasteiger partial charge in [0, 0.05) is 56.1 Å². The zero-order valence-corrected chi connectivity index (χ0v) is 26.3. The largest absolute Gasteiger partial charge is 0.481 e. The van der Waals surface area contributed by atoms with Crippen LogP contribution < -0.4 is 15.4 Å². The highest BCUT2D eigenvalue weighted by Crippen LogP contribution is 2.52. The molecule has 0 bridgehead atoms. The van der Waals surface area contributed by atoms with E-state index in [9.17, 15) is 4.79 Å². The summed E-state index contributed by atoms with van der Waals surface area (Å²) in [5.41, 5.74) is 8.90. The van der Waals surface area contributed by atoms with Gasteiger partial charge in [-0.3, -0.25) is 9.78 Å². The van der Waals surface area contributed by atoms with Crippen molar-refractivity contribution < 1.29 is 9.53 Å². The number of hydrogen-bond acceptors (Lipinski definition) is 9. The Hall–Kier alpha value is -4.71. The molecule has 6 aromatic rings. The number of aromatic nitrogens is 5. The predicted molar refractivity (Wildman–Crippen MR) is 180 cm³/mol. The van der Waals surface area contributed by atoms with Crippen molar-refractivity contribution in [2.24, 2.45) is 17.8 Å². The molecule has 1 saturated carbocycles. The number of ether oxygens (including phenoxy) is 1. The number of fused-ring (bicyclic) bond motifs is 5. The summed E-state index contributed by atoms with van der Waals surface area (Å²) in [5.74, 6) is 2.73. The van der Waals surface area contributed by atoms with Gasteiger partial charge in [0.25, 0.3) is 0 Å². The minimum Gasteiger partial charge on any atom is -0.481 e. The third kappa shape index (κ3) is 4.65. The Bertz CT molecular complexity index is 2160. The van der Waals surface area contributed by atoms with E-state index in [2.05, 4.69) is 74.6 Å². The Morgan fingerprint density at radius 1 is 0.935 bits per heavy atom. The third-order valence-electron chi connectivity index (χ3n) is 9.68. The monoisotopic (exact) mass is 628 g/mol. The number of carbonyl (C=O) groups excluding carboxylic acids is 1. The smallest absolute Gasteiger partial charge is 0.229 e. The maximum absolute atomic E-state index is 13.1. The van der Waals surface area contributed by atoms with Gasteiger partial charge in [-0.05, 0) is 83.6 Å². The number of hydrogen-bond donors (Lipinski definition) is 2.